The highest BCUT2D eigenvalue weighted by atomic mass is 32.1. The Morgan fingerprint density at radius 1 is 1.28 bits per heavy atom. The minimum atomic E-state index is 0.0226. The number of hydrogen-bond donors (Lipinski definition) is 1. The van der Waals surface area contributed by atoms with Gasteiger partial charge in [-0.15, -0.1) is 21.5 Å². The van der Waals surface area contributed by atoms with Crippen molar-refractivity contribution in [3.05, 3.63) is 34.3 Å². The highest BCUT2D eigenvalue weighted by Crippen LogP contribution is 2.29. The first kappa shape index (κ1) is 17.8. The molecule has 2 heterocycles. The number of likely N-dealkylation sites (tertiary alicyclic amines) is 1. The van der Waals surface area contributed by atoms with Crippen molar-refractivity contribution in [2.24, 2.45) is 0 Å². The number of anilines is 1. The van der Waals surface area contributed by atoms with Crippen LogP contribution in [0, 0.1) is 6.92 Å². The number of carbonyl (C=O) groups excluding carboxylic acids is 1. The normalized spacial score (nSPS) is 15.9. The Kier molecular flexibility index (Phi) is 5.99. The Balaban J connectivity index is 1.44. The van der Waals surface area contributed by atoms with Crippen molar-refractivity contribution < 1.29 is 9.53 Å². The number of nitrogens with one attached hydrogen (secondary N) is 1. The van der Waals surface area contributed by atoms with Gasteiger partial charge in [0.15, 0.2) is 0 Å². The highest BCUT2D eigenvalue weighted by molar-refractivity contribution is 7.11. The van der Waals surface area contributed by atoms with Gasteiger partial charge in [-0.3, -0.25) is 9.69 Å². The molecular weight excluding hydrogens is 336 g/mol. The molecule has 1 N–H and O–H groups in total. The van der Waals surface area contributed by atoms with Gasteiger partial charge in [0.2, 0.25) is 5.91 Å². The van der Waals surface area contributed by atoms with Crippen LogP contribution in [0.5, 0.6) is 5.75 Å². The lowest BCUT2D eigenvalue weighted by Gasteiger charge is -2.30. The quantitative estimate of drug-likeness (QED) is 0.857. The molecule has 1 aromatic carbocycles. The van der Waals surface area contributed by atoms with E-state index in [0.717, 1.165) is 47.4 Å². The van der Waals surface area contributed by atoms with Gasteiger partial charge in [0.1, 0.15) is 15.8 Å². The highest BCUT2D eigenvalue weighted by Gasteiger charge is 2.24. The van der Waals surface area contributed by atoms with Crippen molar-refractivity contribution in [3.63, 3.8) is 0 Å². The molecule has 25 heavy (non-hydrogen) atoms. The maximum Gasteiger partial charge on any atom is 0.238 e. The van der Waals surface area contributed by atoms with Crippen molar-refractivity contribution in [2.45, 2.75) is 32.6 Å². The largest absolute Gasteiger partial charge is 0.494 e. The van der Waals surface area contributed by atoms with Crippen LogP contribution in [-0.2, 0) is 4.79 Å². The van der Waals surface area contributed by atoms with Crippen LogP contribution in [0.15, 0.2) is 24.3 Å². The Morgan fingerprint density at radius 2 is 2.00 bits per heavy atom. The molecule has 3 rings (SSSR count). The SMILES string of the molecule is CCOc1ccc(NC(=O)CN2CCC(c3nnc(C)s3)CC2)cc1. The molecule has 0 bridgehead atoms. The number of benzene rings is 1. The van der Waals surface area contributed by atoms with Gasteiger partial charge in [0.25, 0.3) is 0 Å². The second-order valence-corrected chi connectivity index (χ2v) is 7.43. The average Bonchev–Trinajstić information content (AvgIpc) is 3.04. The van der Waals surface area contributed by atoms with E-state index < -0.39 is 0 Å². The lowest BCUT2D eigenvalue weighted by molar-refractivity contribution is -0.117. The summed E-state index contributed by atoms with van der Waals surface area (Å²) in [4.78, 5) is 14.4. The van der Waals surface area contributed by atoms with Crippen LogP contribution in [0.2, 0.25) is 0 Å². The first-order valence-corrected chi connectivity index (χ1v) is 9.50. The van der Waals surface area contributed by atoms with Crippen LogP contribution in [0.3, 0.4) is 0 Å². The summed E-state index contributed by atoms with van der Waals surface area (Å²) in [5.74, 6) is 1.32. The zero-order valence-electron chi connectivity index (χ0n) is 14.7. The number of aryl methyl sites for hydroxylation is 1. The molecule has 0 saturated carbocycles. The van der Waals surface area contributed by atoms with Crippen LogP contribution in [0.4, 0.5) is 5.69 Å². The third-order valence-corrected chi connectivity index (χ3v) is 5.30. The van der Waals surface area contributed by atoms with Crippen LogP contribution >= 0.6 is 11.3 Å². The van der Waals surface area contributed by atoms with E-state index in [4.69, 9.17) is 4.74 Å². The van der Waals surface area contributed by atoms with E-state index in [9.17, 15) is 4.79 Å². The van der Waals surface area contributed by atoms with Crippen molar-refractivity contribution in [1.29, 1.82) is 0 Å². The molecule has 0 aliphatic carbocycles. The van der Waals surface area contributed by atoms with E-state index in [1.165, 1.54) is 0 Å². The number of amides is 1. The molecule has 1 aliphatic rings. The summed E-state index contributed by atoms with van der Waals surface area (Å²) in [7, 11) is 0. The Bertz CT molecular complexity index is 693. The molecule has 1 amide bonds. The second-order valence-electron chi connectivity index (χ2n) is 6.22. The molecule has 1 fully saturated rings. The molecule has 6 nitrogen and oxygen atoms in total. The number of aromatic nitrogens is 2. The fraction of sp³-hybridized carbons (Fsp3) is 0.500. The summed E-state index contributed by atoms with van der Waals surface area (Å²) in [6, 6.07) is 7.48. The van der Waals surface area contributed by atoms with Crippen molar-refractivity contribution in [3.8, 4) is 5.75 Å². The third-order valence-electron chi connectivity index (χ3n) is 4.29. The van der Waals surface area contributed by atoms with E-state index in [0.29, 0.717) is 19.1 Å². The van der Waals surface area contributed by atoms with Gasteiger partial charge >= 0.3 is 0 Å². The van der Waals surface area contributed by atoms with E-state index in [-0.39, 0.29) is 5.91 Å². The molecule has 0 radical (unpaired) electrons. The summed E-state index contributed by atoms with van der Waals surface area (Å²) >= 11 is 1.69. The monoisotopic (exact) mass is 360 g/mol. The lowest BCUT2D eigenvalue weighted by Crippen LogP contribution is -2.38. The van der Waals surface area contributed by atoms with Crippen LogP contribution in [0.25, 0.3) is 0 Å². The number of piperidine rings is 1. The zero-order valence-corrected chi connectivity index (χ0v) is 15.5. The first-order valence-electron chi connectivity index (χ1n) is 8.69. The minimum absolute atomic E-state index is 0.0226. The second kappa shape index (κ2) is 8.40. The molecule has 2 aromatic rings. The summed E-state index contributed by atoms with van der Waals surface area (Å²) in [5.41, 5.74) is 0.799. The Hall–Kier alpha value is -1.99. The molecule has 7 heteroatoms. The van der Waals surface area contributed by atoms with Crippen LogP contribution in [-0.4, -0.2) is 47.2 Å². The number of carbonyl (C=O) groups is 1. The van der Waals surface area contributed by atoms with Gasteiger partial charge in [-0.25, -0.2) is 0 Å². The van der Waals surface area contributed by atoms with E-state index in [1.807, 2.05) is 38.1 Å². The zero-order chi connectivity index (χ0) is 17.6. The number of nitrogens with zero attached hydrogens (tertiary/aromatic N) is 3. The summed E-state index contributed by atoms with van der Waals surface area (Å²) in [5, 5.41) is 13.5. The Morgan fingerprint density at radius 3 is 2.60 bits per heavy atom. The number of rotatable bonds is 6. The molecular formula is C18H24N4O2S. The van der Waals surface area contributed by atoms with Gasteiger partial charge in [-0.1, -0.05) is 0 Å². The maximum absolute atomic E-state index is 12.2. The van der Waals surface area contributed by atoms with Crippen LogP contribution in [0.1, 0.15) is 35.7 Å². The molecule has 0 atom stereocenters. The predicted molar refractivity (Wildman–Crippen MR) is 99.3 cm³/mol. The van der Waals surface area contributed by atoms with E-state index in [2.05, 4.69) is 20.4 Å². The van der Waals surface area contributed by atoms with Gasteiger partial charge in [0, 0.05) is 11.6 Å². The topological polar surface area (TPSA) is 67.3 Å². The van der Waals surface area contributed by atoms with Gasteiger partial charge in [0.05, 0.1) is 13.2 Å². The van der Waals surface area contributed by atoms with Gasteiger partial charge in [-0.05, 0) is 64.0 Å². The number of ether oxygens (including phenoxy) is 1. The molecule has 1 aromatic heterocycles. The molecule has 1 aliphatic heterocycles. The average molecular weight is 360 g/mol. The molecule has 134 valence electrons. The first-order chi connectivity index (χ1) is 12.1. The van der Waals surface area contributed by atoms with Crippen molar-refractivity contribution >= 4 is 22.9 Å². The summed E-state index contributed by atoms with van der Waals surface area (Å²) in [6.45, 7) is 6.83. The van der Waals surface area contributed by atoms with Crippen molar-refractivity contribution in [1.82, 2.24) is 15.1 Å². The van der Waals surface area contributed by atoms with Crippen molar-refractivity contribution in [2.75, 3.05) is 31.6 Å². The number of hydrogen-bond acceptors (Lipinski definition) is 6. The summed E-state index contributed by atoms with van der Waals surface area (Å²) < 4.78 is 5.41. The molecule has 0 unspecified atom stereocenters. The minimum Gasteiger partial charge on any atom is -0.494 e. The van der Waals surface area contributed by atoms with E-state index >= 15 is 0 Å². The van der Waals surface area contributed by atoms with E-state index in [1.54, 1.807) is 11.3 Å². The maximum atomic E-state index is 12.2. The molecule has 1 saturated heterocycles. The third kappa shape index (κ3) is 4.99. The standard InChI is InChI=1S/C18H24N4O2S/c1-3-24-16-6-4-15(5-7-16)19-17(23)12-22-10-8-14(9-11-22)18-21-20-13(2)25-18/h4-7,14H,3,8-12H2,1-2H3,(H,19,23). The van der Waals surface area contributed by atoms with Gasteiger partial charge in [-0.2, -0.15) is 0 Å². The smallest absolute Gasteiger partial charge is 0.238 e. The predicted octanol–water partition coefficient (Wildman–Crippen LogP) is 3.06. The van der Waals surface area contributed by atoms with Crippen LogP contribution < -0.4 is 10.1 Å². The fourth-order valence-electron chi connectivity index (χ4n) is 3.02. The fourth-order valence-corrected chi connectivity index (χ4v) is 3.89. The molecule has 0 spiro atoms. The summed E-state index contributed by atoms with van der Waals surface area (Å²) in [6.07, 6.45) is 2.07. The van der Waals surface area contributed by atoms with Gasteiger partial charge < -0.3 is 10.1 Å². The Labute approximate surface area is 152 Å². The lowest BCUT2D eigenvalue weighted by atomic mass is 9.98.